The first kappa shape index (κ1) is 14.9. The van der Waals surface area contributed by atoms with Crippen molar-refractivity contribution in [2.24, 2.45) is 0 Å². The van der Waals surface area contributed by atoms with Gasteiger partial charge in [0.15, 0.2) is 0 Å². The van der Waals surface area contributed by atoms with E-state index in [0.29, 0.717) is 12.2 Å². The minimum absolute atomic E-state index is 0.0467. The van der Waals surface area contributed by atoms with Crippen LogP contribution in [0, 0.1) is 6.92 Å². The van der Waals surface area contributed by atoms with Crippen LogP contribution in [0.5, 0.6) is 0 Å². The summed E-state index contributed by atoms with van der Waals surface area (Å²) in [6.07, 6.45) is 0. The highest BCUT2D eigenvalue weighted by atomic mass is 32.1. The molecule has 2 heterocycles. The average Bonchev–Trinajstić information content (AvgIpc) is 3.20. The van der Waals surface area contributed by atoms with Crippen LogP contribution in [0.3, 0.4) is 0 Å². The Morgan fingerprint density at radius 1 is 1.23 bits per heavy atom. The number of thiazole rings is 1. The highest BCUT2D eigenvalue weighted by Crippen LogP contribution is 2.27. The summed E-state index contributed by atoms with van der Waals surface area (Å²) in [6.45, 7) is 4.62. The molecular weight excluding hydrogens is 312 g/mol. The smallest absolute Gasteiger partial charge is 0.277 e. The number of rotatable bonds is 4. The van der Waals surface area contributed by atoms with Gasteiger partial charge in [0.05, 0.1) is 0 Å². The van der Waals surface area contributed by atoms with E-state index in [0.717, 1.165) is 21.8 Å². The molecule has 2 aromatic heterocycles. The van der Waals surface area contributed by atoms with Gasteiger partial charge < -0.3 is 4.90 Å². The molecule has 1 amide bonds. The van der Waals surface area contributed by atoms with E-state index in [9.17, 15) is 4.79 Å². The summed E-state index contributed by atoms with van der Waals surface area (Å²) >= 11 is 3.14. The number of hydrogen-bond donors (Lipinski definition) is 0. The second-order valence-corrected chi connectivity index (χ2v) is 6.52. The summed E-state index contributed by atoms with van der Waals surface area (Å²) in [5, 5.41) is 6.80. The van der Waals surface area contributed by atoms with Crippen molar-refractivity contribution in [3.8, 4) is 10.6 Å². The van der Waals surface area contributed by atoms with E-state index in [1.54, 1.807) is 16.2 Å². The highest BCUT2D eigenvalue weighted by Gasteiger charge is 2.20. The van der Waals surface area contributed by atoms with Gasteiger partial charge in [-0.25, -0.2) is 4.98 Å². The fraction of sp³-hybridized carbons (Fsp3) is 0.176. The monoisotopic (exact) mass is 328 g/mol. The molecule has 3 rings (SSSR count). The van der Waals surface area contributed by atoms with Crippen molar-refractivity contribution in [3.63, 3.8) is 0 Å². The molecule has 22 heavy (non-hydrogen) atoms. The quantitative estimate of drug-likeness (QED) is 0.686. The molecule has 0 radical (unpaired) electrons. The van der Waals surface area contributed by atoms with Gasteiger partial charge in [-0.15, -0.1) is 11.3 Å². The van der Waals surface area contributed by atoms with Gasteiger partial charge in [-0.3, -0.25) is 4.79 Å². The number of carbonyl (C=O) groups is 1. The molecule has 1 aromatic carbocycles. The zero-order chi connectivity index (χ0) is 15.5. The van der Waals surface area contributed by atoms with Crippen LogP contribution in [-0.4, -0.2) is 17.4 Å². The largest absolute Gasteiger partial charge is 0.307 e. The van der Waals surface area contributed by atoms with E-state index in [-0.39, 0.29) is 5.91 Å². The number of anilines is 1. The number of thiophene rings is 1. The molecule has 0 saturated carbocycles. The number of hydrogen-bond acceptors (Lipinski definition) is 4. The van der Waals surface area contributed by atoms with Crippen LogP contribution in [0.2, 0.25) is 0 Å². The van der Waals surface area contributed by atoms with Crippen LogP contribution in [0.4, 0.5) is 5.69 Å². The highest BCUT2D eigenvalue weighted by molar-refractivity contribution is 7.14. The average molecular weight is 328 g/mol. The van der Waals surface area contributed by atoms with Crippen LogP contribution in [0.1, 0.15) is 23.0 Å². The third-order valence-corrected chi connectivity index (χ3v) is 5.03. The van der Waals surface area contributed by atoms with Gasteiger partial charge in [-0.1, -0.05) is 18.2 Å². The summed E-state index contributed by atoms with van der Waals surface area (Å²) in [5.74, 6) is -0.0467. The minimum Gasteiger partial charge on any atom is -0.307 e. The predicted molar refractivity (Wildman–Crippen MR) is 94.0 cm³/mol. The second kappa shape index (κ2) is 6.42. The second-order valence-electron chi connectivity index (χ2n) is 4.89. The molecule has 0 aliphatic heterocycles. The lowest BCUT2D eigenvalue weighted by Crippen LogP contribution is -2.31. The molecule has 3 aromatic rings. The predicted octanol–water partition coefficient (Wildman–Crippen LogP) is 4.85. The van der Waals surface area contributed by atoms with Gasteiger partial charge in [-0.2, -0.15) is 11.3 Å². The molecule has 0 unspecified atom stereocenters. The molecule has 112 valence electrons. The van der Waals surface area contributed by atoms with Gasteiger partial charge in [0.25, 0.3) is 5.91 Å². The molecule has 0 aliphatic carbocycles. The lowest BCUT2D eigenvalue weighted by molar-refractivity contribution is 0.0984. The van der Waals surface area contributed by atoms with Crippen molar-refractivity contribution in [1.29, 1.82) is 0 Å². The third kappa shape index (κ3) is 2.82. The molecule has 0 saturated heterocycles. The summed E-state index contributed by atoms with van der Waals surface area (Å²) in [4.78, 5) is 19.1. The molecular formula is C17H16N2OS2. The standard InChI is InChI=1S/C17H16N2OS2/c1-3-19(15-7-5-4-6-12(15)2)17(20)14-11-22-16(18-14)13-8-9-21-10-13/h4-11H,3H2,1-2H3. The molecule has 0 spiro atoms. The number of nitrogens with zero attached hydrogens (tertiary/aromatic N) is 2. The normalized spacial score (nSPS) is 10.6. The van der Waals surface area contributed by atoms with Crippen molar-refractivity contribution < 1.29 is 4.79 Å². The zero-order valence-corrected chi connectivity index (χ0v) is 14.1. The Hall–Kier alpha value is -1.98. The van der Waals surface area contributed by atoms with Crippen LogP contribution >= 0.6 is 22.7 Å². The number of aryl methyl sites for hydroxylation is 1. The van der Waals surface area contributed by atoms with Gasteiger partial charge in [0.1, 0.15) is 10.7 Å². The first-order valence-electron chi connectivity index (χ1n) is 7.06. The van der Waals surface area contributed by atoms with Crippen LogP contribution < -0.4 is 4.90 Å². The van der Waals surface area contributed by atoms with E-state index in [1.807, 2.05) is 60.3 Å². The maximum absolute atomic E-state index is 12.8. The minimum atomic E-state index is -0.0467. The lowest BCUT2D eigenvalue weighted by atomic mass is 10.1. The Morgan fingerprint density at radius 3 is 2.73 bits per heavy atom. The van der Waals surface area contributed by atoms with Crippen LogP contribution in [0.15, 0.2) is 46.5 Å². The van der Waals surface area contributed by atoms with E-state index in [1.165, 1.54) is 11.3 Å². The Bertz CT molecular complexity index is 778. The Kier molecular flexibility index (Phi) is 4.36. The summed E-state index contributed by atoms with van der Waals surface area (Å²) in [6, 6.07) is 9.95. The third-order valence-electron chi connectivity index (χ3n) is 3.46. The number of carbonyl (C=O) groups excluding carboxylic acids is 1. The Morgan fingerprint density at radius 2 is 2.05 bits per heavy atom. The van der Waals surface area contributed by atoms with Crippen molar-refractivity contribution >= 4 is 34.3 Å². The number of aromatic nitrogens is 1. The van der Waals surface area contributed by atoms with Crippen LogP contribution in [-0.2, 0) is 0 Å². The maximum atomic E-state index is 12.8. The van der Waals surface area contributed by atoms with Crippen molar-refractivity contribution in [1.82, 2.24) is 4.98 Å². The first-order valence-corrected chi connectivity index (χ1v) is 8.88. The molecule has 3 nitrogen and oxygen atoms in total. The van der Waals surface area contributed by atoms with Crippen LogP contribution in [0.25, 0.3) is 10.6 Å². The van der Waals surface area contributed by atoms with Gasteiger partial charge in [0, 0.05) is 28.6 Å². The molecule has 5 heteroatoms. The van der Waals surface area contributed by atoms with Gasteiger partial charge >= 0.3 is 0 Å². The Labute approximate surface area is 137 Å². The Balaban J connectivity index is 1.91. The topological polar surface area (TPSA) is 33.2 Å². The van der Waals surface area contributed by atoms with E-state index in [4.69, 9.17) is 0 Å². The lowest BCUT2D eigenvalue weighted by Gasteiger charge is -2.21. The molecule has 0 aliphatic rings. The first-order chi connectivity index (χ1) is 10.7. The number of benzene rings is 1. The molecule has 0 fully saturated rings. The fourth-order valence-electron chi connectivity index (χ4n) is 2.32. The summed E-state index contributed by atoms with van der Waals surface area (Å²) in [5.41, 5.74) is 3.62. The van der Waals surface area contributed by atoms with Crippen molar-refractivity contribution in [2.45, 2.75) is 13.8 Å². The molecule has 0 bridgehead atoms. The summed E-state index contributed by atoms with van der Waals surface area (Å²) in [7, 11) is 0. The SMILES string of the molecule is CCN(C(=O)c1csc(-c2ccsc2)n1)c1ccccc1C. The summed E-state index contributed by atoms with van der Waals surface area (Å²) < 4.78 is 0. The number of amides is 1. The maximum Gasteiger partial charge on any atom is 0.277 e. The van der Waals surface area contributed by atoms with E-state index in [2.05, 4.69) is 4.98 Å². The zero-order valence-electron chi connectivity index (χ0n) is 12.4. The van der Waals surface area contributed by atoms with Gasteiger partial charge in [-0.05, 0) is 36.9 Å². The van der Waals surface area contributed by atoms with Crippen molar-refractivity contribution in [3.05, 3.63) is 57.7 Å². The molecule has 0 atom stereocenters. The van der Waals surface area contributed by atoms with E-state index >= 15 is 0 Å². The molecule has 0 N–H and O–H groups in total. The number of para-hydroxylation sites is 1. The van der Waals surface area contributed by atoms with E-state index < -0.39 is 0 Å². The van der Waals surface area contributed by atoms with Gasteiger partial charge in [0.2, 0.25) is 0 Å². The fourth-order valence-corrected chi connectivity index (χ4v) is 3.82. The van der Waals surface area contributed by atoms with Crippen molar-refractivity contribution in [2.75, 3.05) is 11.4 Å².